The lowest BCUT2D eigenvalue weighted by molar-refractivity contribution is 0.0600. The van der Waals surface area contributed by atoms with E-state index in [4.69, 9.17) is 4.74 Å². The van der Waals surface area contributed by atoms with Crippen LogP contribution < -0.4 is 0 Å². The third kappa shape index (κ3) is 4.98. The Labute approximate surface area is 166 Å². The number of piperidine rings is 1. The first kappa shape index (κ1) is 20.1. The number of amides is 1. The van der Waals surface area contributed by atoms with Crippen molar-refractivity contribution in [3.63, 3.8) is 0 Å². The van der Waals surface area contributed by atoms with Crippen LogP contribution in [-0.2, 0) is 11.2 Å². The van der Waals surface area contributed by atoms with E-state index in [2.05, 4.69) is 29.2 Å². The van der Waals surface area contributed by atoms with E-state index >= 15 is 0 Å². The Morgan fingerprint density at radius 2 is 1.86 bits per heavy atom. The highest BCUT2D eigenvalue weighted by Crippen LogP contribution is 2.18. The van der Waals surface area contributed by atoms with E-state index < -0.39 is 5.97 Å². The maximum atomic E-state index is 12.9. The standard InChI is InChI=1S/C23H28N2O3/c1-24(22(26)19-10-6-11-20(16-19)23(27)28-2)21-12-7-14-25(17-21)15-13-18-8-4-3-5-9-18/h3-6,8-11,16,21H,7,12-15,17H2,1-2H3/t21-/m1/s1. The van der Waals surface area contributed by atoms with Crippen LogP contribution in [0.5, 0.6) is 0 Å². The molecule has 1 atom stereocenters. The van der Waals surface area contributed by atoms with Crippen LogP contribution in [0.15, 0.2) is 54.6 Å². The fourth-order valence-electron chi connectivity index (χ4n) is 3.75. The van der Waals surface area contributed by atoms with Gasteiger partial charge >= 0.3 is 5.97 Å². The van der Waals surface area contributed by atoms with Crippen LogP contribution in [0.25, 0.3) is 0 Å². The van der Waals surface area contributed by atoms with Crippen LogP contribution in [0.1, 0.15) is 39.1 Å². The molecule has 3 rings (SSSR count). The average Bonchev–Trinajstić information content (AvgIpc) is 2.77. The molecule has 1 aliphatic heterocycles. The smallest absolute Gasteiger partial charge is 0.337 e. The summed E-state index contributed by atoms with van der Waals surface area (Å²) in [5.74, 6) is -0.484. The van der Waals surface area contributed by atoms with Gasteiger partial charge in [0, 0.05) is 31.7 Å². The van der Waals surface area contributed by atoms with Crippen molar-refractivity contribution in [2.24, 2.45) is 0 Å². The zero-order chi connectivity index (χ0) is 19.9. The van der Waals surface area contributed by atoms with Crippen molar-refractivity contribution in [3.8, 4) is 0 Å². The van der Waals surface area contributed by atoms with Crippen LogP contribution in [0.4, 0.5) is 0 Å². The van der Waals surface area contributed by atoms with Gasteiger partial charge in [-0.25, -0.2) is 4.79 Å². The Balaban J connectivity index is 1.60. The van der Waals surface area contributed by atoms with Crippen molar-refractivity contribution in [1.82, 2.24) is 9.80 Å². The van der Waals surface area contributed by atoms with Gasteiger partial charge in [-0.2, -0.15) is 0 Å². The SMILES string of the molecule is COC(=O)c1cccc(C(=O)N(C)[C@@H]2CCCN(CCc3ccccc3)C2)c1. The highest BCUT2D eigenvalue weighted by molar-refractivity contribution is 5.97. The molecule has 28 heavy (non-hydrogen) atoms. The van der Waals surface area contributed by atoms with Gasteiger partial charge in [-0.1, -0.05) is 36.4 Å². The molecule has 2 aromatic rings. The lowest BCUT2D eigenvalue weighted by atomic mass is 10.0. The first-order chi connectivity index (χ1) is 13.6. The minimum absolute atomic E-state index is 0.0549. The summed E-state index contributed by atoms with van der Waals surface area (Å²) in [6.07, 6.45) is 3.10. The molecular weight excluding hydrogens is 352 g/mol. The van der Waals surface area contributed by atoms with Gasteiger partial charge in [0.05, 0.1) is 12.7 Å². The molecule has 0 radical (unpaired) electrons. The predicted octanol–water partition coefficient (Wildman–Crippen LogP) is 3.25. The number of nitrogens with zero attached hydrogens (tertiary/aromatic N) is 2. The molecule has 1 aliphatic rings. The van der Waals surface area contributed by atoms with Gasteiger partial charge in [-0.15, -0.1) is 0 Å². The molecule has 5 heteroatoms. The van der Waals surface area contributed by atoms with Crippen LogP contribution in [0.3, 0.4) is 0 Å². The van der Waals surface area contributed by atoms with Gasteiger partial charge in [-0.05, 0) is 49.6 Å². The van der Waals surface area contributed by atoms with Crippen LogP contribution in [0, 0.1) is 0 Å². The number of ether oxygens (including phenoxy) is 1. The van der Waals surface area contributed by atoms with E-state index in [0.29, 0.717) is 11.1 Å². The number of hydrogen-bond donors (Lipinski definition) is 0. The first-order valence-corrected chi connectivity index (χ1v) is 9.80. The molecule has 0 aliphatic carbocycles. The summed E-state index contributed by atoms with van der Waals surface area (Å²) < 4.78 is 4.75. The van der Waals surface area contributed by atoms with Crippen molar-refractivity contribution in [3.05, 3.63) is 71.3 Å². The van der Waals surface area contributed by atoms with Crippen molar-refractivity contribution in [1.29, 1.82) is 0 Å². The van der Waals surface area contributed by atoms with Gasteiger partial charge in [-0.3, -0.25) is 4.79 Å². The van der Waals surface area contributed by atoms with E-state index in [-0.39, 0.29) is 11.9 Å². The van der Waals surface area contributed by atoms with E-state index in [1.807, 2.05) is 18.0 Å². The third-order valence-electron chi connectivity index (χ3n) is 5.44. The molecule has 0 saturated carbocycles. The molecule has 1 amide bonds. The predicted molar refractivity (Wildman–Crippen MR) is 109 cm³/mol. The normalized spacial score (nSPS) is 17.1. The number of esters is 1. The number of likely N-dealkylation sites (tertiary alicyclic amines) is 1. The van der Waals surface area contributed by atoms with Gasteiger partial charge in [0.15, 0.2) is 0 Å². The molecule has 0 aromatic heterocycles. The molecule has 0 spiro atoms. The van der Waals surface area contributed by atoms with Crippen molar-refractivity contribution < 1.29 is 14.3 Å². The molecule has 2 aromatic carbocycles. The number of benzene rings is 2. The number of rotatable bonds is 6. The Bertz CT molecular complexity index is 807. The molecule has 0 bridgehead atoms. The molecular formula is C23H28N2O3. The zero-order valence-electron chi connectivity index (χ0n) is 16.6. The lowest BCUT2D eigenvalue weighted by Crippen LogP contribution is -2.49. The maximum Gasteiger partial charge on any atom is 0.337 e. The van der Waals surface area contributed by atoms with Gasteiger partial charge in [0.2, 0.25) is 0 Å². The topological polar surface area (TPSA) is 49.9 Å². The molecule has 1 saturated heterocycles. The van der Waals surface area contributed by atoms with E-state index in [0.717, 1.165) is 38.9 Å². The molecule has 5 nitrogen and oxygen atoms in total. The fraction of sp³-hybridized carbons (Fsp3) is 0.391. The number of methoxy groups -OCH3 is 1. The summed E-state index contributed by atoms with van der Waals surface area (Å²) in [6.45, 7) is 2.95. The van der Waals surface area contributed by atoms with Crippen LogP contribution in [0.2, 0.25) is 0 Å². The highest BCUT2D eigenvalue weighted by atomic mass is 16.5. The number of likely N-dealkylation sites (N-methyl/N-ethyl adjacent to an activating group) is 1. The quantitative estimate of drug-likeness (QED) is 0.722. The van der Waals surface area contributed by atoms with E-state index in [1.54, 1.807) is 24.3 Å². The minimum atomic E-state index is -0.429. The molecule has 0 N–H and O–H groups in total. The Hall–Kier alpha value is -2.66. The second-order valence-corrected chi connectivity index (χ2v) is 7.32. The van der Waals surface area contributed by atoms with Crippen molar-refractivity contribution >= 4 is 11.9 Å². The van der Waals surface area contributed by atoms with Gasteiger partial charge in [0.25, 0.3) is 5.91 Å². The number of hydrogen-bond acceptors (Lipinski definition) is 4. The molecule has 148 valence electrons. The fourth-order valence-corrected chi connectivity index (χ4v) is 3.75. The van der Waals surface area contributed by atoms with Crippen LogP contribution >= 0.6 is 0 Å². The minimum Gasteiger partial charge on any atom is -0.465 e. The highest BCUT2D eigenvalue weighted by Gasteiger charge is 2.27. The summed E-state index contributed by atoms with van der Waals surface area (Å²) in [7, 11) is 3.20. The Morgan fingerprint density at radius 1 is 1.11 bits per heavy atom. The molecule has 0 unspecified atom stereocenters. The lowest BCUT2D eigenvalue weighted by Gasteiger charge is -2.37. The van der Waals surface area contributed by atoms with Crippen molar-refractivity contribution in [2.75, 3.05) is 33.8 Å². The van der Waals surface area contributed by atoms with E-state index in [9.17, 15) is 9.59 Å². The summed E-state index contributed by atoms with van der Waals surface area (Å²) >= 11 is 0. The van der Waals surface area contributed by atoms with Crippen molar-refractivity contribution in [2.45, 2.75) is 25.3 Å². The van der Waals surface area contributed by atoms with Gasteiger partial charge < -0.3 is 14.5 Å². The van der Waals surface area contributed by atoms with Crippen LogP contribution in [-0.4, -0.2) is 61.5 Å². The molecule has 1 fully saturated rings. The summed E-state index contributed by atoms with van der Waals surface area (Å²) in [5, 5.41) is 0. The van der Waals surface area contributed by atoms with E-state index in [1.165, 1.54) is 12.7 Å². The first-order valence-electron chi connectivity index (χ1n) is 9.80. The summed E-state index contributed by atoms with van der Waals surface area (Å²) in [4.78, 5) is 29.0. The summed E-state index contributed by atoms with van der Waals surface area (Å²) in [5.41, 5.74) is 2.26. The number of carbonyl (C=O) groups is 2. The maximum absolute atomic E-state index is 12.9. The third-order valence-corrected chi connectivity index (χ3v) is 5.44. The second-order valence-electron chi connectivity index (χ2n) is 7.32. The summed E-state index contributed by atoms with van der Waals surface area (Å²) in [6, 6.07) is 17.4. The monoisotopic (exact) mass is 380 g/mol. The largest absolute Gasteiger partial charge is 0.465 e. The average molecular weight is 380 g/mol. The Kier molecular flexibility index (Phi) is 6.82. The zero-order valence-corrected chi connectivity index (χ0v) is 16.6. The molecule has 1 heterocycles. The Morgan fingerprint density at radius 3 is 2.61 bits per heavy atom. The van der Waals surface area contributed by atoms with Gasteiger partial charge in [0.1, 0.15) is 0 Å². The number of carbonyl (C=O) groups excluding carboxylic acids is 2. The second kappa shape index (κ2) is 9.51.